The van der Waals surface area contributed by atoms with E-state index in [4.69, 9.17) is 11.6 Å². The zero-order valence-electron chi connectivity index (χ0n) is 22.9. The summed E-state index contributed by atoms with van der Waals surface area (Å²) in [6.45, 7) is 6.15. The number of anilines is 1. The topological polar surface area (TPSA) is 86.8 Å². The van der Waals surface area contributed by atoms with Crippen LogP contribution in [0, 0.1) is 13.8 Å². The molecule has 0 unspecified atom stereocenters. The third kappa shape index (κ3) is 7.96. The van der Waals surface area contributed by atoms with Gasteiger partial charge in [0.1, 0.15) is 6.04 Å². The Labute approximate surface area is 232 Å². The Bertz CT molecular complexity index is 1230. The van der Waals surface area contributed by atoms with Gasteiger partial charge in [0, 0.05) is 30.6 Å². The summed E-state index contributed by atoms with van der Waals surface area (Å²) in [7, 11) is -3.59. The van der Waals surface area contributed by atoms with Crippen LogP contribution in [-0.4, -0.2) is 50.0 Å². The maximum atomic E-state index is 13.6. The van der Waals surface area contributed by atoms with Crippen LogP contribution in [0.5, 0.6) is 0 Å². The Morgan fingerprint density at radius 1 is 1.11 bits per heavy atom. The molecule has 2 aromatic carbocycles. The average Bonchev–Trinajstić information content (AvgIpc) is 3.36. The predicted molar refractivity (Wildman–Crippen MR) is 154 cm³/mol. The fourth-order valence-electron chi connectivity index (χ4n) is 5.14. The Balaban J connectivity index is 1.78. The summed E-state index contributed by atoms with van der Waals surface area (Å²) < 4.78 is 26.5. The van der Waals surface area contributed by atoms with Crippen LogP contribution >= 0.6 is 11.6 Å². The van der Waals surface area contributed by atoms with Crippen molar-refractivity contribution < 1.29 is 18.0 Å². The fourth-order valence-corrected chi connectivity index (χ4v) is 6.33. The van der Waals surface area contributed by atoms with Crippen molar-refractivity contribution in [2.45, 2.75) is 84.3 Å². The molecule has 1 saturated carbocycles. The zero-order chi connectivity index (χ0) is 27.9. The van der Waals surface area contributed by atoms with Gasteiger partial charge in [0.2, 0.25) is 21.8 Å². The van der Waals surface area contributed by atoms with Crippen LogP contribution in [0.3, 0.4) is 0 Å². The normalized spacial score (nSPS) is 14.8. The van der Waals surface area contributed by atoms with E-state index in [1.165, 1.54) is 4.31 Å². The van der Waals surface area contributed by atoms with Crippen molar-refractivity contribution in [2.75, 3.05) is 17.1 Å². The number of nitrogens with one attached hydrogen (secondary N) is 1. The molecule has 2 aromatic rings. The SMILES string of the molecule is CC[C@@H](C(=O)NC1CCCC1)N(Cc1cccc(C)c1)C(=O)CCCN(c1cccc(Cl)c1C)S(C)(=O)=O. The molecule has 38 heavy (non-hydrogen) atoms. The van der Waals surface area contributed by atoms with E-state index >= 15 is 0 Å². The molecule has 9 heteroatoms. The van der Waals surface area contributed by atoms with E-state index in [9.17, 15) is 18.0 Å². The number of aryl methyl sites for hydroxylation is 1. The number of sulfonamides is 1. The van der Waals surface area contributed by atoms with Crippen molar-refractivity contribution in [1.29, 1.82) is 0 Å². The molecule has 0 radical (unpaired) electrons. The third-order valence-electron chi connectivity index (χ3n) is 7.18. The highest BCUT2D eigenvalue weighted by molar-refractivity contribution is 7.92. The molecule has 0 bridgehead atoms. The number of hydrogen-bond acceptors (Lipinski definition) is 4. The summed E-state index contributed by atoms with van der Waals surface area (Å²) in [6.07, 6.45) is 6.23. The molecular weight excluding hydrogens is 522 g/mol. The first-order valence-electron chi connectivity index (χ1n) is 13.4. The van der Waals surface area contributed by atoms with Crippen LogP contribution in [0.25, 0.3) is 0 Å². The minimum atomic E-state index is -3.59. The quantitative estimate of drug-likeness (QED) is 0.377. The molecule has 208 valence electrons. The van der Waals surface area contributed by atoms with E-state index in [-0.39, 0.29) is 30.8 Å². The van der Waals surface area contributed by atoms with E-state index in [1.807, 2.05) is 38.1 Å². The third-order valence-corrected chi connectivity index (χ3v) is 8.77. The standard InChI is InChI=1S/C29H40ClN3O4S/c1-5-26(29(35)31-24-13-6-7-14-24)32(20-23-12-8-11-21(2)19-23)28(34)17-10-18-33(38(4,36)37)27-16-9-15-25(30)22(27)3/h8-9,11-12,15-16,19,24,26H,5-7,10,13-14,17-18,20H2,1-4H3,(H,31,35)/t26-/m0/s1. The van der Waals surface area contributed by atoms with Gasteiger partial charge in [-0.25, -0.2) is 8.42 Å². The van der Waals surface area contributed by atoms with Gasteiger partial charge in [0.05, 0.1) is 11.9 Å². The van der Waals surface area contributed by atoms with Crippen molar-refractivity contribution in [3.05, 3.63) is 64.2 Å². The lowest BCUT2D eigenvalue weighted by Gasteiger charge is -2.32. The maximum Gasteiger partial charge on any atom is 0.243 e. The van der Waals surface area contributed by atoms with Crippen LogP contribution in [-0.2, 0) is 26.2 Å². The van der Waals surface area contributed by atoms with Crippen molar-refractivity contribution in [2.24, 2.45) is 0 Å². The number of hydrogen-bond donors (Lipinski definition) is 1. The van der Waals surface area contributed by atoms with Crippen LogP contribution in [0.15, 0.2) is 42.5 Å². The summed E-state index contributed by atoms with van der Waals surface area (Å²) >= 11 is 6.24. The van der Waals surface area contributed by atoms with Crippen LogP contribution in [0.4, 0.5) is 5.69 Å². The second kappa shape index (κ2) is 13.5. The van der Waals surface area contributed by atoms with E-state index in [0.29, 0.717) is 35.7 Å². The molecule has 3 rings (SSSR count). The Morgan fingerprint density at radius 3 is 2.42 bits per heavy atom. The summed E-state index contributed by atoms with van der Waals surface area (Å²) in [5, 5.41) is 3.64. The number of rotatable bonds is 12. The lowest BCUT2D eigenvalue weighted by Crippen LogP contribution is -2.51. The summed E-state index contributed by atoms with van der Waals surface area (Å²) in [5.74, 6) is -0.288. The predicted octanol–water partition coefficient (Wildman–Crippen LogP) is 5.37. The van der Waals surface area contributed by atoms with E-state index in [2.05, 4.69) is 5.32 Å². The molecule has 1 aliphatic rings. The molecule has 7 nitrogen and oxygen atoms in total. The molecule has 0 saturated heterocycles. The number of carbonyl (C=O) groups is 2. The smallest absolute Gasteiger partial charge is 0.243 e. The summed E-state index contributed by atoms with van der Waals surface area (Å²) in [6, 6.07) is 12.6. The molecule has 0 heterocycles. The monoisotopic (exact) mass is 561 g/mol. The van der Waals surface area contributed by atoms with Crippen LogP contribution in [0.2, 0.25) is 5.02 Å². The summed E-state index contributed by atoms with van der Waals surface area (Å²) in [4.78, 5) is 28.6. The molecule has 1 aliphatic carbocycles. The van der Waals surface area contributed by atoms with Gasteiger partial charge in [0.15, 0.2) is 0 Å². The molecule has 2 amide bonds. The highest BCUT2D eigenvalue weighted by Gasteiger charge is 2.31. The highest BCUT2D eigenvalue weighted by Crippen LogP contribution is 2.28. The Morgan fingerprint density at radius 2 is 1.79 bits per heavy atom. The number of benzene rings is 2. The summed E-state index contributed by atoms with van der Waals surface area (Å²) in [5.41, 5.74) is 3.21. The van der Waals surface area contributed by atoms with Crippen LogP contribution in [0.1, 0.15) is 68.6 Å². The lowest BCUT2D eigenvalue weighted by atomic mass is 10.1. The van der Waals surface area contributed by atoms with Gasteiger partial charge in [-0.1, -0.05) is 67.3 Å². The van der Waals surface area contributed by atoms with Gasteiger partial charge in [-0.15, -0.1) is 0 Å². The molecule has 0 spiro atoms. The Kier molecular flexibility index (Phi) is 10.6. The highest BCUT2D eigenvalue weighted by atomic mass is 35.5. The molecule has 1 fully saturated rings. The molecule has 0 aliphatic heterocycles. The van der Waals surface area contributed by atoms with Crippen molar-refractivity contribution >= 4 is 39.1 Å². The number of amides is 2. The van der Waals surface area contributed by atoms with Crippen molar-refractivity contribution in [1.82, 2.24) is 10.2 Å². The average molecular weight is 562 g/mol. The minimum absolute atomic E-state index is 0.116. The number of carbonyl (C=O) groups excluding carboxylic acids is 2. The fraction of sp³-hybridized carbons (Fsp3) is 0.517. The number of halogens is 1. The second-order valence-corrected chi connectivity index (χ2v) is 12.6. The lowest BCUT2D eigenvalue weighted by molar-refractivity contribution is -0.141. The van der Waals surface area contributed by atoms with Crippen molar-refractivity contribution in [3.63, 3.8) is 0 Å². The van der Waals surface area contributed by atoms with Gasteiger partial charge in [-0.2, -0.15) is 0 Å². The van der Waals surface area contributed by atoms with Gasteiger partial charge >= 0.3 is 0 Å². The molecular formula is C29H40ClN3O4S. The van der Waals surface area contributed by atoms with Gasteiger partial charge in [-0.05, 0) is 62.8 Å². The maximum absolute atomic E-state index is 13.6. The van der Waals surface area contributed by atoms with E-state index in [0.717, 1.165) is 43.1 Å². The van der Waals surface area contributed by atoms with Crippen molar-refractivity contribution in [3.8, 4) is 0 Å². The molecule has 0 aromatic heterocycles. The van der Waals surface area contributed by atoms with Crippen LogP contribution < -0.4 is 9.62 Å². The Hall–Kier alpha value is -2.58. The first-order chi connectivity index (χ1) is 18.0. The zero-order valence-corrected chi connectivity index (χ0v) is 24.4. The van der Waals surface area contributed by atoms with E-state index < -0.39 is 16.1 Å². The van der Waals surface area contributed by atoms with E-state index in [1.54, 1.807) is 30.0 Å². The molecule has 1 atom stereocenters. The molecule has 1 N–H and O–H groups in total. The first kappa shape index (κ1) is 30.0. The van der Waals surface area contributed by atoms with Gasteiger partial charge in [-0.3, -0.25) is 13.9 Å². The van der Waals surface area contributed by atoms with Gasteiger partial charge in [0.25, 0.3) is 0 Å². The first-order valence-corrected chi connectivity index (χ1v) is 15.6. The minimum Gasteiger partial charge on any atom is -0.352 e. The number of nitrogens with zero attached hydrogens (tertiary/aromatic N) is 2. The largest absolute Gasteiger partial charge is 0.352 e. The second-order valence-electron chi connectivity index (χ2n) is 10.2. The van der Waals surface area contributed by atoms with Gasteiger partial charge < -0.3 is 10.2 Å².